The van der Waals surface area contributed by atoms with Crippen molar-refractivity contribution in [3.8, 4) is 11.4 Å². The molecule has 0 unspecified atom stereocenters. The largest absolute Gasteiger partial charge is 0.496 e. The van der Waals surface area contributed by atoms with Crippen LogP contribution in [0.1, 0.15) is 20.7 Å². The van der Waals surface area contributed by atoms with Crippen molar-refractivity contribution in [3.05, 3.63) is 88.7 Å². The lowest BCUT2D eigenvalue weighted by Gasteiger charge is -2.14. The summed E-state index contributed by atoms with van der Waals surface area (Å²) in [5.41, 5.74) is 1.98. The maximum atomic E-state index is 12.8. The molecule has 0 aliphatic heterocycles. The van der Waals surface area contributed by atoms with Crippen molar-refractivity contribution in [2.75, 3.05) is 17.7 Å². The minimum atomic E-state index is -0.377. The molecule has 7 nitrogen and oxygen atoms in total. The molecule has 2 heterocycles. The normalized spacial score (nSPS) is 10.5. The third-order valence-corrected chi connectivity index (χ3v) is 5.45. The van der Waals surface area contributed by atoms with Gasteiger partial charge in [0.2, 0.25) is 0 Å². The molecule has 9 heteroatoms. The maximum absolute atomic E-state index is 12.8. The van der Waals surface area contributed by atoms with Gasteiger partial charge in [-0.25, -0.2) is 4.98 Å². The number of benzene rings is 2. The van der Waals surface area contributed by atoms with Gasteiger partial charge in [-0.3, -0.25) is 14.9 Å². The van der Waals surface area contributed by atoms with Gasteiger partial charge in [0.05, 0.1) is 23.4 Å². The highest BCUT2D eigenvalue weighted by atomic mass is 35.5. The average Bonchev–Trinajstić information content (AvgIpc) is 3.48. The van der Waals surface area contributed by atoms with Crippen LogP contribution in [0.4, 0.5) is 10.8 Å². The zero-order valence-electron chi connectivity index (χ0n) is 16.3. The first kappa shape index (κ1) is 20.6. The molecule has 4 aromatic rings. The number of amides is 2. The smallest absolute Gasteiger partial charge is 0.259 e. The molecule has 2 aromatic heterocycles. The first-order chi connectivity index (χ1) is 15.0. The van der Waals surface area contributed by atoms with E-state index in [4.69, 9.17) is 16.3 Å². The van der Waals surface area contributed by atoms with Crippen LogP contribution in [-0.2, 0) is 0 Å². The SMILES string of the molecule is COc1cc(-n2cccc2)c(Cl)cc1C(=O)Nc1ccc(C(=O)Nc2nccs2)cc1. The Morgan fingerprint density at radius 1 is 1.06 bits per heavy atom. The third-order valence-electron chi connectivity index (χ3n) is 4.45. The van der Waals surface area contributed by atoms with Crippen LogP contribution in [-0.4, -0.2) is 28.5 Å². The van der Waals surface area contributed by atoms with E-state index in [0.717, 1.165) is 0 Å². The molecule has 31 heavy (non-hydrogen) atoms. The zero-order chi connectivity index (χ0) is 21.8. The van der Waals surface area contributed by atoms with Crippen molar-refractivity contribution in [2.24, 2.45) is 0 Å². The Balaban J connectivity index is 1.50. The summed E-state index contributed by atoms with van der Waals surface area (Å²) in [4.78, 5) is 29.1. The number of aromatic nitrogens is 2. The summed E-state index contributed by atoms with van der Waals surface area (Å²) < 4.78 is 7.24. The Labute approximate surface area is 187 Å². The summed E-state index contributed by atoms with van der Waals surface area (Å²) >= 11 is 7.74. The van der Waals surface area contributed by atoms with Gasteiger partial charge in [-0.1, -0.05) is 11.6 Å². The van der Waals surface area contributed by atoms with Gasteiger partial charge < -0.3 is 14.6 Å². The Morgan fingerprint density at radius 3 is 2.45 bits per heavy atom. The molecule has 0 atom stereocenters. The van der Waals surface area contributed by atoms with E-state index in [1.54, 1.807) is 48.0 Å². The van der Waals surface area contributed by atoms with Gasteiger partial charge in [-0.2, -0.15) is 0 Å². The standard InChI is InChI=1S/C22H17ClN4O3S/c1-30-19-13-18(27-9-2-3-10-27)17(23)12-16(19)21(29)25-15-6-4-14(5-7-15)20(28)26-22-24-8-11-31-22/h2-13H,1H3,(H,25,29)(H,24,26,28). The van der Waals surface area contributed by atoms with Crippen LogP contribution < -0.4 is 15.4 Å². The molecule has 0 spiro atoms. The van der Waals surface area contributed by atoms with Crippen molar-refractivity contribution in [2.45, 2.75) is 0 Å². The molecule has 2 aromatic carbocycles. The molecule has 0 aliphatic rings. The first-order valence-electron chi connectivity index (χ1n) is 9.18. The average molecular weight is 453 g/mol. The van der Waals surface area contributed by atoms with E-state index in [1.807, 2.05) is 29.1 Å². The lowest BCUT2D eigenvalue weighted by atomic mass is 10.1. The monoisotopic (exact) mass is 452 g/mol. The summed E-state index contributed by atoms with van der Waals surface area (Å²) in [6.07, 6.45) is 5.32. The van der Waals surface area contributed by atoms with Gasteiger partial charge in [0.25, 0.3) is 11.8 Å². The van der Waals surface area contributed by atoms with Crippen LogP contribution in [0.25, 0.3) is 5.69 Å². The Morgan fingerprint density at radius 2 is 1.81 bits per heavy atom. The number of carbonyl (C=O) groups is 2. The molecule has 156 valence electrons. The summed E-state index contributed by atoms with van der Waals surface area (Å²) in [5, 5.41) is 8.22. The third kappa shape index (κ3) is 4.60. The van der Waals surface area contributed by atoms with Crippen molar-refractivity contribution < 1.29 is 14.3 Å². The van der Waals surface area contributed by atoms with E-state index >= 15 is 0 Å². The van der Waals surface area contributed by atoms with E-state index in [2.05, 4.69) is 15.6 Å². The molecule has 2 N–H and O–H groups in total. The minimum Gasteiger partial charge on any atom is -0.496 e. The molecular weight excluding hydrogens is 436 g/mol. The fourth-order valence-corrected chi connectivity index (χ4v) is 3.73. The Kier molecular flexibility index (Phi) is 6.01. The lowest BCUT2D eigenvalue weighted by Crippen LogP contribution is -2.15. The van der Waals surface area contributed by atoms with Crippen LogP contribution in [0.3, 0.4) is 0 Å². The number of nitrogens with zero attached hydrogens (tertiary/aromatic N) is 2. The predicted octanol–water partition coefficient (Wildman–Crippen LogP) is 5.10. The van der Waals surface area contributed by atoms with Gasteiger partial charge in [0, 0.05) is 41.3 Å². The van der Waals surface area contributed by atoms with Crippen molar-refractivity contribution >= 4 is 45.6 Å². The minimum absolute atomic E-state index is 0.276. The van der Waals surface area contributed by atoms with Crippen molar-refractivity contribution in [1.29, 1.82) is 0 Å². The second-order valence-electron chi connectivity index (χ2n) is 6.42. The van der Waals surface area contributed by atoms with Gasteiger partial charge in [-0.05, 0) is 42.5 Å². The number of methoxy groups -OCH3 is 1. The summed E-state index contributed by atoms with van der Waals surface area (Å²) in [6.45, 7) is 0. The quantitative estimate of drug-likeness (QED) is 0.426. The van der Waals surface area contributed by atoms with Gasteiger partial charge in [0.1, 0.15) is 5.75 Å². The lowest BCUT2D eigenvalue weighted by molar-refractivity contribution is 0.101. The summed E-state index contributed by atoms with van der Waals surface area (Å²) in [7, 11) is 1.50. The number of halogens is 1. The Hall–Kier alpha value is -3.62. The highest BCUT2D eigenvalue weighted by Gasteiger charge is 2.17. The first-order valence-corrected chi connectivity index (χ1v) is 10.4. The fraction of sp³-hybridized carbons (Fsp3) is 0.0455. The van der Waals surface area contributed by atoms with E-state index in [-0.39, 0.29) is 11.8 Å². The second kappa shape index (κ2) is 9.03. The predicted molar refractivity (Wildman–Crippen MR) is 122 cm³/mol. The number of anilines is 2. The van der Waals surface area contributed by atoms with E-state index < -0.39 is 0 Å². The summed E-state index contributed by atoms with van der Waals surface area (Å²) in [5.74, 6) is -0.260. The molecule has 0 aliphatic carbocycles. The second-order valence-corrected chi connectivity index (χ2v) is 7.72. The van der Waals surface area contributed by atoms with Crippen LogP contribution in [0, 0.1) is 0 Å². The van der Waals surface area contributed by atoms with Crippen LogP contribution >= 0.6 is 22.9 Å². The molecule has 0 saturated carbocycles. The zero-order valence-corrected chi connectivity index (χ0v) is 17.9. The van der Waals surface area contributed by atoms with Gasteiger partial charge in [0.15, 0.2) is 5.13 Å². The molecule has 0 radical (unpaired) electrons. The van der Waals surface area contributed by atoms with Crippen LogP contribution in [0.2, 0.25) is 5.02 Å². The van der Waals surface area contributed by atoms with Crippen LogP contribution in [0.15, 0.2) is 72.5 Å². The Bertz CT molecular complexity index is 1210. The van der Waals surface area contributed by atoms with Crippen molar-refractivity contribution in [3.63, 3.8) is 0 Å². The fourth-order valence-electron chi connectivity index (χ4n) is 2.94. The molecule has 0 fully saturated rings. The number of carbonyl (C=O) groups excluding carboxylic acids is 2. The maximum Gasteiger partial charge on any atom is 0.259 e. The highest BCUT2D eigenvalue weighted by molar-refractivity contribution is 7.13. The molecule has 0 bridgehead atoms. The molecule has 2 amide bonds. The van der Waals surface area contributed by atoms with Crippen LogP contribution in [0.5, 0.6) is 5.75 Å². The highest BCUT2D eigenvalue weighted by Crippen LogP contribution is 2.30. The number of rotatable bonds is 6. The molecular formula is C22H17ClN4O3S. The van der Waals surface area contributed by atoms with E-state index in [0.29, 0.717) is 38.4 Å². The molecule has 4 rings (SSSR count). The topological polar surface area (TPSA) is 85.2 Å². The van der Waals surface area contributed by atoms with Gasteiger partial charge >= 0.3 is 0 Å². The van der Waals surface area contributed by atoms with E-state index in [1.165, 1.54) is 18.4 Å². The number of ether oxygens (including phenoxy) is 1. The molecule has 0 saturated heterocycles. The van der Waals surface area contributed by atoms with Crippen molar-refractivity contribution in [1.82, 2.24) is 9.55 Å². The van der Waals surface area contributed by atoms with E-state index in [9.17, 15) is 9.59 Å². The number of thiazole rings is 1. The van der Waals surface area contributed by atoms with Gasteiger partial charge in [-0.15, -0.1) is 11.3 Å². The summed E-state index contributed by atoms with van der Waals surface area (Å²) in [6, 6.07) is 13.6. The number of hydrogen-bond donors (Lipinski definition) is 2. The number of nitrogens with one attached hydrogen (secondary N) is 2. The number of hydrogen-bond acceptors (Lipinski definition) is 5.